The van der Waals surface area contributed by atoms with E-state index in [2.05, 4.69) is 21.2 Å². The van der Waals surface area contributed by atoms with E-state index >= 15 is 0 Å². The maximum atomic E-state index is 9.06. The lowest BCUT2D eigenvalue weighted by atomic mass is 10.1. The van der Waals surface area contributed by atoms with Gasteiger partial charge >= 0.3 is 0 Å². The second kappa shape index (κ2) is 5.02. The van der Waals surface area contributed by atoms with Gasteiger partial charge in [0.15, 0.2) is 0 Å². The van der Waals surface area contributed by atoms with Crippen LogP contribution in [-0.4, -0.2) is 21.5 Å². The molecule has 0 aliphatic heterocycles. The van der Waals surface area contributed by atoms with Gasteiger partial charge in [-0.25, -0.2) is 15.5 Å². The minimum Gasteiger partial charge on any atom is -0.479 e. The van der Waals surface area contributed by atoms with Crippen LogP contribution in [0.1, 0.15) is 5.69 Å². The highest BCUT2D eigenvalue weighted by Gasteiger charge is 2.09. The molecule has 0 fully saturated rings. The first-order valence-electron chi connectivity index (χ1n) is 6.06. The van der Waals surface area contributed by atoms with Gasteiger partial charge in [0.25, 0.3) is 0 Å². The highest BCUT2D eigenvalue weighted by Crippen LogP contribution is 2.30. The second-order valence-electron chi connectivity index (χ2n) is 4.27. The van der Waals surface area contributed by atoms with E-state index < -0.39 is 0 Å². The van der Waals surface area contributed by atoms with Crippen molar-refractivity contribution in [2.75, 3.05) is 7.11 Å². The van der Waals surface area contributed by atoms with Gasteiger partial charge in [0, 0.05) is 23.5 Å². The summed E-state index contributed by atoms with van der Waals surface area (Å²) < 4.78 is 6.74. The molecule has 0 saturated heterocycles. The van der Waals surface area contributed by atoms with Crippen LogP contribution in [-0.2, 0) is 0 Å². The average molecular weight is 278 g/mol. The maximum absolute atomic E-state index is 9.06. The van der Waals surface area contributed by atoms with Gasteiger partial charge in [-0.15, -0.1) is 0 Å². The number of hydrogen-bond donors (Lipinski definition) is 1. The lowest BCUT2D eigenvalue weighted by Gasteiger charge is -2.06. The minimum atomic E-state index is 0.301. The predicted octanol–water partition coefficient (Wildman–Crippen LogP) is 2.94. The fourth-order valence-corrected chi connectivity index (χ4v) is 2.07. The first-order valence-corrected chi connectivity index (χ1v) is 6.06. The molecule has 0 aliphatic carbocycles. The third kappa shape index (κ3) is 2.08. The van der Waals surface area contributed by atoms with Crippen molar-refractivity contribution in [1.29, 1.82) is 10.8 Å². The van der Waals surface area contributed by atoms with Crippen LogP contribution in [0.15, 0.2) is 41.9 Å². The molecule has 0 amide bonds. The van der Waals surface area contributed by atoms with Crippen LogP contribution >= 0.6 is 0 Å². The predicted molar refractivity (Wildman–Crippen MR) is 74.5 cm³/mol. The molecule has 3 aromatic heterocycles. The lowest BCUT2D eigenvalue weighted by molar-refractivity contribution is 0.399. The summed E-state index contributed by atoms with van der Waals surface area (Å²) in [6, 6.07) is 7.49. The molecule has 0 spiro atoms. The maximum Gasteiger partial charge on any atom is 0.241 e. The average Bonchev–Trinajstić information content (AvgIpc) is 2.96. The van der Waals surface area contributed by atoms with Crippen molar-refractivity contribution < 1.29 is 4.74 Å². The molecule has 3 rings (SSSR count). The van der Waals surface area contributed by atoms with Crippen molar-refractivity contribution in [3.63, 3.8) is 0 Å². The molecule has 0 radical (unpaired) electrons. The Kier molecular flexibility index (Phi) is 3.04. The summed E-state index contributed by atoms with van der Waals surface area (Å²) in [7, 11) is 1.48. The SMILES string of the molecule is COc1ncc(-c2ccc3ncc(C#N)n3c2)cc1N=N. The molecule has 102 valence electrons. The first-order chi connectivity index (χ1) is 10.3. The number of aromatic nitrogens is 3. The van der Waals surface area contributed by atoms with Crippen LogP contribution in [0.2, 0.25) is 0 Å². The van der Waals surface area contributed by atoms with Crippen LogP contribution in [0.5, 0.6) is 5.88 Å². The fourth-order valence-electron chi connectivity index (χ4n) is 2.07. The van der Waals surface area contributed by atoms with Gasteiger partial charge in [-0.05, 0) is 18.2 Å². The first kappa shape index (κ1) is 12.7. The number of nitrogens with zero attached hydrogens (tertiary/aromatic N) is 5. The van der Waals surface area contributed by atoms with Crippen molar-refractivity contribution in [2.45, 2.75) is 0 Å². The molecule has 0 saturated carbocycles. The van der Waals surface area contributed by atoms with Crippen molar-refractivity contribution in [2.24, 2.45) is 5.11 Å². The summed E-state index contributed by atoms with van der Waals surface area (Å²) in [5, 5.41) is 12.5. The number of nitriles is 1. The van der Waals surface area contributed by atoms with E-state index in [1.165, 1.54) is 13.3 Å². The van der Waals surface area contributed by atoms with Crippen LogP contribution in [0.25, 0.3) is 16.8 Å². The summed E-state index contributed by atoms with van der Waals surface area (Å²) in [5.74, 6) is 0.301. The van der Waals surface area contributed by atoms with E-state index in [4.69, 9.17) is 15.5 Å². The van der Waals surface area contributed by atoms with E-state index in [1.807, 2.05) is 12.1 Å². The Morgan fingerprint density at radius 1 is 1.29 bits per heavy atom. The number of pyridine rings is 2. The van der Waals surface area contributed by atoms with Crippen molar-refractivity contribution in [1.82, 2.24) is 14.4 Å². The Bertz CT molecular complexity index is 877. The zero-order chi connectivity index (χ0) is 14.8. The van der Waals surface area contributed by atoms with E-state index in [9.17, 15) is 0 Å². The molecule has 3 aromatic rings. The number of hydrogen-bond acceptors (Lipinski definition) is 6. The van der Waals surface area contributed by atoms with E-state index in [0.29, 0.717) is 22.9 Å². The molecule has 0 bridgehead atoms. The van der Waals surface area contributed by atoms with Gasteiger partial charge in [-0.3, -0.25) is 4.40 Å². The Morgan fingerprint density at radius 3 is 2.86 bits per heavy atom. The summed E-state index contributed by atoms with van der Waals surface area (Å²) in [4.78, 5) is 8.27. The molecule has 0 aliphatic rings. The Hall–Kier alpha value is -3.27. The van der Waals surface area contributed by atoms with Gasteiger partial charge in [-0.1, -0.05) is 0 Å². The molecule has 7 heteroatoms. The summed E-state index contributed by atoms with van der Waals surface area (Å²) in [6.07, 6.45) is 4.96. The molecule has 0 unspecified atom stereocenters. The Morgan fingerprint density at radius 2 is 2.14 bits per heavy atom. The van der Waals surface area contributed by atoms with Crippen LogP contribution < -0.4 is 4.74 Å². The molecule has 21 heavy (non-hydrogen) atoms. The number of ether oxygens (including phenoxy) is 1. The Labute approximate surface area is 120 Å². The number of nitrogens with one attached hydrogen (secondary N) is 1. The van der Waals surface area contributed by atoms with Crippen LogP contribution in [0.4, 0.5) is 5.69 Å². The van der Waals surface area contributed by atoms with Crippen LogP contribution in [0.3, 0.4) is 0 Å². The van der Waals surface area contributed by atoms with Crippen molar-refractivity contribution in [3.05, 3.63) is 42.5 Å². The third-order valence-electron chi connectivity index (χ3n) is 3.10. The van der Waals surface area contributed by atoms with E-state index in [1.54, 1.807) is 22.9 Å². The van der Waals surface area contributed by atoms with Crippen LogP contribution in [0, 0.1) is 16.9 Å². The molecule has 7 nitrogen and oxygen atoms in total. The van der Waals surface area contributed by atoms with Gasteiger partial charge < -0.3 is 4.74 Å². The fraction of sp³-hybridized carbons (Fsp3) is 0.0714. The molecule has 0 aromatic carbocycles. The highest BCUT2D eigenvalue weighted by atomic mass is 16.5. The molecular formula is C14H10N6O. The summed E-state index contributed by atoms with van der Waals surface area (Å²) >= 11 is 0. The Balaban J connectivity index is 2.16. The standard InChI is InChI=1S/C14H10N6O/c1-21-14-12(19-16)4-10(6-18-14)9-2-3-13-17-7-11(5-15)20(13)8-9/h2-4,6-8,16H,1H3. The van der Waals surface area contributed by atoms with Gasteiger partial charge in [0.2, 0.25) is 5.88 Å². The highest BCUT2D eigenvalue weighted by molar-refractivity contribution is 5.69. The molecule has 0 atom stereocenters. The summed E-state index contributed by atoms with van der Waals surface area (Å²) in [5.41, 5.74) is 10.3. The largest absolute Gasteiger partial charge is 0.479 e. The lowest BCUT2D eigenvalue weighted by Crippen LogP contribution is -1.92. The smallest absolute Gasteiger partial charge is 0.241 e. The number of rotatable bonds is 3. The topological polar surface area (TPSA) is 99.4 Å². The van der Waals surface area contributed by atoms with Crippen molar-refractivity contribution >= 4 is 11.3 Å². The monoisotopic (exact) mass is 278 g/mol. The van der Waals surface area contributed by atoms with Gasteiger partial charge in [0.1, 0.15) is 23.1 Å². The number of methoxy groups -OCH3 is 1. The number of fused-ring (bicyclic) bond motifs is 1. The quantitative estimate of drug-likeness (QED) is 0.744. The summed E-state index contributed by atoms with van der Waals surface area (Å²) in [6.45, 7) is 0. The molecule has 1 N–H and O–H groups in total. The number of imidazole rings is 1. The molecular weight excluding hydrogens is 268 g/mol. The minimum absolute atomic E-state index is 0.301. The van der Waals surface area contributed by atoms with Gasteiger partial charge in [0.05, 0.1) is 13.3 Å². The zero-order valence-electron chi connectivity index (χ0n) is 11.1. The van der Waals surface area contributed by atoms with Crippen molar-refractivity contribution in [3.8, 4) is 23.1 Å². The van der Waals surface area contributed by atoms with E-state index in [-0.39, 0.29) is 0 Å². The second-order valence-corrected chi connectivity index (χ2v) is 4.27. The zero-order valence-corrected chi connectivity index (χ0v) is 11.1. The van der Waals surface area contributed by atoms with Gasteiger partial charge in [-0.2, -0.15) is 10.4 Å². The molecule has 3 heterocycles. The third-order valence-corrected chi connectivity index (χ3v) is 3.10. The normalized spacial score (nSPS) is 10.3. The van der Waals surface area contributed by atoms with E-state index in [0.717, 1.165) is 11.1 Å².